The number of halogens is 4. The van der Waals surface area contributed by atoms with Gasteiger partial charge in [-0.05, 0) is 19.1 Å². The molecule has 21 heavy (non-hydrogen) atoms. The second-order valence-electron chi connectivity index (χ2n) is 4.20. The lowest BCUT2D eigenvalue weighted by Gasteiger charge is -2.27. The van der Waals surface area contributed by atoms with Gasteiger partial charge in [0.25, 0.3) is 0 Å². The molecule has 2 rings (SSSR count). The minimum atomic E-state index is -4.84. The molecule has 4 nitrogen and oxygen atoms in total. The molecule has 1 unspecified atom stereocenters. The molecule has 1 atom stereocenters. The van der Waals surface area contributed by atoms with Crippen LogP contribution in [0.2, 0.25) is 5.02 Å². The number of benzene rings is 1. The SMILES string of the molecule is CCOc1cc2c(cc1Cl)C=C(C(=O)O)C(C(F)(F)F)O2. The Bertz CT molecular complexity index is 610. The van der Waals surface area contributed by atoms with E-state index in [1.807, 2.05) is 0 Å². The number of carboxylic acids is 1. The molecule has 0 radical (unpaired) electrons. The molecule has 8 heteroatoms. The van der Waals surface area contributed by atoms with Crippen LogP contribution in [0.5, 0.6) is 11.5 Å². The molecule has 1 N–H and O–H groups in total. The van der Waals surface area contributed by atoms with E-state index in [1.54, 1.807) is 6.92 Å². The first kappa shape index (κ1) is 15.5. The summed E-state index contributed by atoms with van der Waals surface area (Å²) in [6.07, 6.45) is -6.47. The zero-order valence-corrected chi connectivity index (χ0v) is 11.5. The topological polar surface area (TPSA) is 55.8 Å². The Morgan fingerprint density at radius 1 is 1.48 bits per heavy atom. The van der Waals surface area contributed by atoms with Gasteiger partial charge in [-0.25, -0.2) is 4.79 Å². The molecule has 1 aliphatic rings. The van der Waals surface area contributed by atoms with Crippen LogP contribution in [-0.4, -0.2) is 30.0 Å². The first-order valence-electron chi connectivity index (χ1n) is 5.88. The highest BCUT2D eigenvalue weighted by atomic mass is 35.5. The predicted octanol–water partition coefficient (Wildman–Crippen LogP) is 3.53. The van der Waals surface area contributed by atoms with E-state index in [0.717, 1.165) is 6.08 Å². The van der Waals surface area contributed by atoms with Gasteiger partial charge in [0.2, 0.25) is 6.10 Å². The zero-order chi connectivity index (χ0) is 15.8. The van der Waals surface area contributed by atoms with Crippen LogP contribution in [0.15, 0.2) is 17.7 Å². The maximum absolute atomic E-state index is 12.9. The highest BCUT2D eigenvalue weighted by Crippen LogP contribution is 2.41. The van der Waals surface area contributed by atoms with Gasteiger partial charge in [-0.2, -0.15) is 13.2 Å². The Hall–Kier alpha value is -1.89. The first-order chi connectivity index (χ1) is 9.74. The van der Waals surface area contributed by atoms with Gasteiger partial charge in [0.1, 0.15) is 11.5 Å². The monoisotopic (exact) mass is 322 g/mol. The summed E-state index contributed by atoms with van der Waals surface area (Å²) < 4.78 is 48.6. The Kier molecular flexibility index (Phi) is 4.04. The lowest BCUT2D eigenvalue weighted by atomic mass is 10.0. The average Bonchev–Trinajstić information content (AvgIpc) is 2.37. The van der Waals surface area contributed by atoms with E-state index in [1.165, 1.54) is 12.1 Å². The normalized spacial score (nSPS) is 17.6. The summed E-state index contributed by atoms with van der Waals surface area (Å²) in [6, 6.07) is 2.52. The number of ether oxygens (including phenoxy) is 2. The van der Waals surface area contributed by atoms with Crippen LogP contribution in [0, 0.1) is 0 Å². The molecule has 114 valence electrons. The molecule has 0 amide bonds. The number of fused-ring (bicyclic) bond motifs is 1. The molecular weight excluding hydrogens is 313 g/mol. The van der Waals surface area contributed by atoms with E-state index in [0.29, 0.717) is 0 Å². The third-order valence-corrected chi connectivity index (χ3v) is 3.04. The molecule has 1 heterocycles. The number of rotatable bonds is 3. The van der Waals surface area contributed by atoms with E-state index < -0.39 is 23.8 Å². The minimum absolute atomic E-state index is 0.129. The van der Waals surface area contributed by atoms with Crippen LogP contribution in [0.3, 0.4) is 0 Å². The van der Waals surface area contributed by atoms with Crippen molar-refractivity contribution in [3.63, 3.8) is 0 Å². The van der Waals surface area contributed by atoms with Crippen molar-refractivity contribution in [1.82, 2.24) is 0 Å². The largest absolute Gasteiger partial charge is 0.492 e. The number of carboxylic acid groups (broad SMARTS) is 1. The van der Waals surface area contributed by atoms with Crippen LogP contribution >= 0.6 is 11.6 Å². The summed E-state index contributed by atoms with van der Waals surface area (Å²) >= 11 is 5.91. The highest BCUT2D eigenvalue weighted by Gasteiger charge is 2.48. The standard InChI is InChI=1S/C13H10ClF3O4/c1-2-20-10-5-9-6(4-8(10)14)3-7(12(18)19)11(21-9)13(15,16)17/h3-5,11H,2H2,1H3,(H,18,19). The second-order valence-corrected chi connectivity index (χ2v) is 4.61. The van der Waals surface area contributed by atoms with E-state index in [9.17, 15) is 18.0 Å². The van der Waals surface area contributed by atoms with Crippen molar-refractivity contribution >= 4 is 23.6 Å². The first-order valence-corrected chi connectivity index (χ1v) is 6.26. The molecule has 0 bridgehead atoms. The van der Waals surface area contributed by atoms with Gasteiger partial charge in [-0.1, -0.05) is 11.6 Å². The number of aliphatic carboxylic acids is 1. The highest BCUT2D eigenvalue weighted by molar-refractivity contribution is 6.32. The van der Waals surface area contributed by atoms with Crippen LogP contribution in [0.4, 0.5) is 13.2 Å². The average molecular weight is 323 g/mol. The van der Waals surface area contributed by atoms with E-state index in [4.69, 9.17) is 26.2 Å². The summed E-state index contributed by atoms with van der Waals surface area (Å²) in [7, 11) is 0. The van der Waals surface area contributed by atoms with Crippen LogP contribution in [-0.2, 0) is 4.79 Å². The van der Waals surface area contributed by atoms with Gasteiger partial charge in [0.15, 0.2) is 0 Å². The van der Waals surface area contributed by atoms with E-state index >= 15 is 0 Å². The fourth-order valence-electron chi connectivity index (χ4n) is 1.88. The molecule has 0 saturated carbocycles. The van der Waals surface area contributed by atoms with Crippen molar-refractivity contribution < 1.29 is 32.5 Å². The lowest BCUT2D eigenvalue weighted by molar-refractivity contribution is -0.187. The van der Waals surface area contributed by atoms with Crippen LogP contribution in [0.1, 0.15) is 12.5 Å². The summed E-state index contributed by atoms with van der Waals surface area (Å²) in [4.78, 5) is 11.0. The zero-order valence-electron chi connectivity index (χ0n) is 10.7. The molecule has 1 aromatic carbocycles. The van der Waals surface area contributed by atoms with Crippen molar-refractivity contribution in [1.29, 1.82) is 0 Å². The molecular formula is C13H10ClF3O4. The molecule has 0 fully saturated rings. The lowest BCUT2D eigenvalue weighted by Crippen LogP contribution is -2.40. The molecule has 0 aromatic heterocycles. The number of carbonyl (C=O) groups is 1. The van der Waals surface area contributed by atoms with Gasteiger partial charge in [0, 0.05) is 11.6 Å². The van der Waals surface area contributed by atoms with Gasteiger partial charge in [-0.3, -0.25) is 0 Å². The molecule has 0 spiro atoms. The molecule has 1 aromatic rings. The quantitative estimate of drug-likeness (QED) is 0.925. The fraction of sp³-hybridized carbons (Fsp3) is 0.308. The van der Waals surface area contributed by atoms with E-state index in [2.05, 4.69) is 0 Å². The fourth-order valence-corrected chi connectivity index (χ4v) is 2.11. The van der Waals surface area contributed by atoms with Crippen molar-refractivity contribution in [3.05, 3.63) is 28.3 Å². The Labute approximate surface area is 122 Å². The Morgan fingerprint density at radius 3 is 2.67 bits per heavy atom. The Balaban J connectivity index is 2.53. The summed E-state index contributed by atoms with van der Waals surface area (Å²) in [5.74, 6) is -1.66. The van der Waals surface area contributed by atoms with Crippen LogP contribution < -0.4 is 9.47 Å². The predicted molar refractivity (Wildman–Crippen MR) is 68.7 cm³/mol. The van der Waals surface area contributed by atoms with Crippen molar-refractivity contribution in [2.75, 3.05) is 6.61 Å². The van der Waals surface area contributed by atoms with Crippen molar-refractivity contribution in [2.45, 2.75) is 19.2 Å². The van der Waals surface area contributed by atoms with Gasteiger partial charge in [-0.15, -0.1) is 0 Å². The van der Waals surface area contributed by atoms with Gasteiger partial charge < -0.3 is 14.6 Å². The number of hydrogen-bond acceptors (Lipinski definition) is 3. The van der Waals surface area contributed by atoms with Gasteiger partial charge in [0.05, 0.1) is 17.2 Å². The molecule has 0 aliphatic carbocycles. The van der Waals surface area contributed by atoms with Crippen molar-refractivity contribution in [2.24, 2.45) is 0 Å². The maximum Gasteiger partial charge on any atom is 0.430 e. The Morgan fingerprint density at radius 2 is 2.14 bits per heavy atom. The summed E-state index contributed by atoms with van der Waals surface area (Å²) in [5, 5.41) is 9.06. The third kappa shape index (κ3) is 3.07. The van der Waals surface area contributed by atoms with Crippen molar-refractivity contribution in [3.8, 4) is 11.5 Å². The molecule has 1 aliphatic heterocycles. The number of alkyl halides is 3. The number of hydrogen-bond donors (Lipinski definition) is 1. The summed E-state index contributed by atoms with van der Waals surface area (Å²) in [6.45, 7) is 1.97. The molecule has 0 saturated heterocycles. The van der Waals surface area contributed by atoms with Gasteiger partial charge >= 0.3 is 12.1 Å². The van der Waals surface area contributed by atoms with Crippen LogP contribution in [0.25, 0.3) is 6.08 Å². The maximum atomic E-state index is 12.9. The minimum Gasteiger partial charge on any atom is -0.492 e. The van der Waals surface area contributed by atoms with E-state index in [-0.39, 0.29) is 28.7 Å². The second kappa shape index (κ2) is 5.48. The third-order valence-electron chi connectivity index (χ3n) is 2.75. The summed E-state index contributed by atoms with van der Waals surface area (Å²) in [5.41, 5.74) is -0.739. The smallest absolute Gasteiger partial charge is 0.430 e.